The fourth-order valence-corrected chi connectivity index (χ4v) is 4.59. The third-order valence-electron chi connectivity index (χ3n) is 6.96. The average molecular weight is 1010 g/mol. The van der Waals surface area contributed by atoms with Crippen molar-refractivity contribution in [2.45, 2.75) is 0 Å². The van der Waals surface area contributed by atoms with Crippen LogP contribution in [-0.2, 0) is 42.1 Å². The molecule has 0 atom stereocenters. The average Bonchev–Trinajstić information content (AvgIpc) is 3.81. The summed E-state index contributed by atoms with van der Waals surface area (Å²) < 4.78 is 17.4. The first-order valence-electron chi connectivity index (χ1n) is 15.0. The van der Waals surface area contributed by atoms with E-state index in [0.717, 1.165) is 33.8 Å². The summed E-state index contributed by atoms with van der Waals surface area (Å²) in [6, 6.07) is 50.3. The van der Waals surface area contributed by atoms with E-state index in [2.05, 4.69) is 47.4 Å². The van der Waals surface area contributed by atoms with Gasteiger partial charge in [-0.25, -0.2) is 24.2 Å². The second kappa shape index (κ2) is 18.0. The number of ether oxygens (including phenoxy) is 2. The number of hydrogen-bond donors (Lipinski definition) is 0. The zero-order chi connectivity index (χ0) is 33.3. The first-order chi connectivity index (χ1) is 23.4. The van der Waals surface area contributed by atoms with Crippen LogP contribution >= 0.6 is 0 Å². The van der Waals surface area contributed by atoms with Crippen LogP contribution in [0.2, 0.25) is 0 Å². The molecule has 9 heteroatoms. The van der Waals surface area contributed by atoms with E-state index in [0.29, 0.717) is 23.0 Å². The van der Waals surface area contributed by atoms with Crippen molar-refractivity contribution in [3.8, 4) is 51.4 Å². The maximum atomic E-state index is 6.57. The molecule has 2 aromatic heterocycles. The van der Waals surface area contributed by atoms with Crippen LogP contribution in [0.25, 0.3) is 22.4 Å². The quantitative estimate of drug-likeness (QED) is 0.0886. The van der Waals surface area contributed by atoms with Crippen molar-refractivity contribution in [1.29, 1.82) is 0 Å². The van der Waals surface area contributed by atoms with E-state index in [4.69, 9.17) is 15.9 Å². The molecule has 7 rings (SSSR count). The van der Waals surface area contributed by atoms with E-state index >= 15 is 0 Å². The van der Waals surface area contributed by atoms with E-state index in [1.54, 1.807) is 23.2 Å². The minimum absolute atomic E-state index is 0. The van der Waals surface area contributed by atoms with Gasteiger partial charge in [0.05, 0.1) is 0 Å². The first-order valence-corrected chi connectivity index (χ1v) is 15.0. The molecule has 6 aromatic rings. The van der Waals surface area contributed by atoms with E-state index in [-0.39, 0.29) is 42.1 Å². The van der Waals surface area contributed by atoms with Crippen molar-refractivity contribution in [1.82, 2.24) is 9.55 Å². The molecule has 1 aliphatic heterocycles. The Morgan fingerprint density at radius 1 is 0.780 bits per heavy atom. The molecule has 0 bridgehead atoms. The van der Waals surface area contributed by atoms with Gasteiger partial charge in [0.15, 0.2) is 7.05 Å². The number of nitrogens with zero attached hydrogens (tertiary/aromatic N) is 5. The van der Waals surface area contributed by atoms with Crippen LogP contribution in [0.5, 0.6) is 23.0 Å². The molecule has 0 radical (unpaired) electrons. The number of para-hydroxylation sites is 1. The molecule has 50 heavy (non-hydrogen) atoms. The Bertz CT molecular complexity index is 2180. The van der Waals surface area contributed by atoms with Gasteiger partial charge >= 0.3 is 48.1 Å². The molecule has 0 fully saturated rings. The molecular weight excluding hydrogens is 985 g/mol. The summed E-state index contributed by atoms with van der Waals surface area (Å²) in [6.45, 7) is 0. The van der Waals surface area contributed by atoms with Crippen LogP contribution in [0.15, 0.2) is 122 Å². The van der Waals surface area contributed by atoms with E-state index < -0.39 is 0 Å². The van der Waals surface area contributed by atoms with Crippen molar-refractivity contribution >= 4 is 17.4 Å². The molecule has 248 valence electrons. The molecule has 0 N–H and O–H groups in total. The molecule has 1 aliphatic rings. The van der Waals surface area contributed by atoms with Crippen LogP contribution in [0, 0.1) is 42.8 Å². The molecule has 4 aromatic carbocycles. The van der Waals surface area contributed by atoms with Crippen LogP contribution in [0.1, 0.15) is 0 Å². The van der Waals surface area contributed by atoms with Crippen LogP contribution in [-0.4, -0.2) is 45.9 Å². The zero-order valence-corrected chi connectivity index (χ0v) is 31.8. The maximum absolute atomic E-state index is 6.57. The van der Waals surface area contributed by atoms with E-state index in [9.17, 15) is 0 Å². The van der Waals surface area contributed by atoms with Gasteiger partial charge < -0.3 is 30.3 Å². The number of pyridine rings is 1. The third-order valence-corrected chi connectivity index (χ3v) is 6.96. The van der Waals surface area contributed by atoms with Crippen molar-refractivity contribution in [2.75, 3.05) is 26.0 Å². The second-order valence-electron chi connectivity index (χ2n) is 10.7. The Kier molecular flexibility index (Phi) is 13.5. The molecular formula is C41H29N5O2Pt2+2. The normalized spacial score (nSPS) is 11.0. The van der Waals surface area contributed by atoms with Gasteiger partial charge in [0.2, 0.25) is 6.20 Å². The molecule has 0 aliphatic carbocycles. The molecule has 0 unspecified atom stereocenters. The van der Waals surface area contributed by atoms with E-state index in [1.807, 2.05) is 139 Å². The number of rotatable bonds is 8. The van der Waals surface area contributed by atoms with Gasteiger partial charge in [-0.3, -0.25) is 11.1 Å². The first kappa shape index (κ1) is 37.6. The monoisotopic (exact) mass is 1010 g/mol. The second-order valence-corrected chi connectivity index (χ2v) is 10.7. The summed E-state index contributed by atoms with van der Waals surface area (Å²) in [7, 11) is 5.91. The Balaban J connectivity index is 0.000000559. The standard InChI is InChI=1S/C35H25N4O2.C6H4N.2Pt/c1-37(2)29-22-30(39-18-17-38(3)25-39)24-34(23-29)41-33-14-8-10-28(20-33)35-21-27(15-16-36-35)26-9-7-13-32(19-26)40-31-11-5-4-6-12-31;1-2-7-5-3-4-6-7;;/h4-11,13-14,16-18,21-23H,1-3H3;3-6H;;/q-3;-1;+2;+4. The molecule has 0 amide bonds. The smallest absolute Gasteiger partial charge is 0.669 e. The minimum atomic E-state index is 0. The van der Waals surface area contributed by atoms with Crippen molar-refractivity contribution < 1.29 is 60.8 Å². The van der Waals surface area contributed by atoms with Gasteiger partial charge in [-0.1, -0.05) is 44.9 Å². The van der Waals surface area contributed by atoms with Crippen molar-refractivity contribution in [2.24, 2.45) is 0 Å². The van der Waals surface area contributed by atoms with Gasteiger partial charge in [0, 0.05) is 49.5 Å². The minimum Gasteiger partial charge on any atom is -0.669 e. The predicted octanol–water partition coefficient (Wildman–Crippen LogP) is 7.89. The number of anilines is 1. The molecule has 3 heterocycles. The van der Waals surface area contributed by atoms with Gasteiger partial charge in [0.1, 0.15) is 5.69 Å². The Morgan fingerprint density at radius 2 is 1.48 bits per heavy atom. The Morgan fingerprint density at radius 3 is 2.12 bits per heavy atom. The van der Waals surface area contributed by atoms with E-state index in [1.165, 1.54) is 0 Å². The number of benzene rings is 4. The van der Waals surface area contributed by atoms with Crippen LogP contribution in [0.3, 0.4) is 0 Å². The summed E-state index contributed by atoms with van der Waals surface area (Å²) in [5.41, 5.74) is 5.00. The number of aromatic nitrogens is 2. The summed E-state index contributed by atoms with van der Waals surface area (Å²) >= 11 is 0. The molecule has 7 nitrogen and oxygen atoms in total. The van der Waals surface area contributed by atoms with Gasteiger partial charge in [-0.2, -0.15) is 30.3 Å². The number of hydrogen-bond acceptors (Lipinski definition) is 4. The fourth-order valence-electron chi connectivity index (χ4n) is 4.59. The van der Waals surface area contributed by atoms with Crippen molar-refractivity contribution in [3.63, 3.8) is 0 Å². The van der Waals surface area contributed by atoms with Gasteiger partial charge in [-0.15, -0.1) is 48.0 Å². The topological polar surface area (TPSA) is 45.5 Å². The van der Waals surface area contributed by atoms with Crippen molar-refractivity contribution in [3.05, 3.63) is 159 Å². The molecule has 0 spiro atoms. The summed E-state index contributed by atoms with van der Waals surface area (Å²) in [4.78, 5) is 6.57. The largest absolute Gasteiger partial charge is 4.00 e. The Labute approximate surface area is 322 Å². The van der Waals surface area contributed by atoms with Crippen LogP contribution < -0.4 is 14.4 Å². The van der Waals surface area contributed by atoms with Gasteiger partial charge in [-0.05, 0) is 12.1 Å². The third kappa shape index (κ3) is 9.91. The van der Waals surface area contributed by atoms with Gasteiger partial charge in [0.25, 0.3) is 6.20 Å². The fraction of sp³-hybridized carbons (Fsp3) is 0.0732. The van der Waals surface area contributed by atoms with Crippen LogP contribution in [0.4, 0.5) is 11.4 Å². The molecule has 0 saturated carbocycles. The zero-order valence-electron chi connectivity index (χ0n) is 27.2. The maximum Gasteiger partial charge on any atom is 4.00 e. The Hall–Kier alpha value is -5.23. The summed E-state index contributed by atoms with van der Waals surface area (Å²) in [5, 5.41) is 0. The SMILES string of the molecule is CN(C)c1cc(Oc2[c-]c(-c3cc(-c4[c-]c(Oc5[c-]cccc5)ccc4)[c-]cn3)ccc2)[c-]c([N+]2=C=[N+](C)C=C2)c1.[C-]#Cn1cccc1.[Pt+2].[Pt+4]. The summed E-state index contributed by atoms with van der Waals surface area (Å²) in [5.74, 6) is 2.36. The summed E-state index contributed by atoms with van der Waals surface area (Å²) in [6.07, 6.45) is 15.6. The predicted molar refractivity (Wildman–Crippen MR) is 184 cm³/mol. The molecule has 0 saturated heterocycles.